The van der Waals surface area contributed by atoms with E-state index in [1.807, 2.05) is 18.2 Å². The fourth-order valence-corrected chi connectivity index (χ4v) is 2.76. The van der Waals surface area contributed by atoms with Crippen molar-refractivity contribution in [2.45, 2.75) is 44.9 Å². The van der Waals surface area contributed by atoms with E-state index in [2.05, 4.69) is 44.6 Å². The normalized spacial score (nSPS) is 10.6. The molecule has 0 aromatic heterocycles. The minimum atomic E-state index is 0.849. The van der Waals surface area contributed by atoms with Gasteiger partial charge in [0, 0.05) is 5.33 Å². The largest absolute Gasteiger partial charge is 0.492 e. The van der Waals surface area contributed by atoms with E-state index in [4.69, 9.17) is 4.74 Å². The van der Waals surface area contributed by atoms with Crippen LogP contribution in [-0.4, -0.2) is 11.9 Å². The summed E-state index contributed by atoms with van der Waals surface area (Å²) in [6.07, 6.45) is 9.23. The van der Waals surface area contributed by atoms with E-state index in [-0.39, 0.29) is 0 Å². The molecule has 0 N–H and O–H groups in total. The Hall–Kier alpha value is 0.230. The molecule has 102 valence electrons. The molecule has 0 heterocycles. The van der Waals surface area contributed by atoms with Crippen LogP contribution < -0.4 is 4.74 Å². The predicted octanol–water partition coefficient (Wildman–Crippen LogP) is 5.80. The minimum absolute atomic E-state index is 0.849. The zero-order valence-corrected chi connectivity index (χ0v) is 14.6. The summed E-state index contributed by atoms with van der Waals surface area (Å²) in [5, 5.41) is 1.15. The molecule has 18 heavy (non-hydrogen) atoms. The highest BCUT2D eigenvalue weighted by Crippen LogP contribution is 2.20. The first-order valence-electron chi connectivity index (χ1n) is 6.78. The summed E-state index contributed by atoms with van der Waals surface area (Å²) >= 11 is 5.78. The Morgan fingerprint density at radius 2 is 1.50 bits per heavy atom. The maximum absolute atomic E-state index is 5.77. The standard InChI is InChI=1S/C15H22BrIO/c16-12-8-4-2-1-3-5-9-13-18-15-11-7-6-10-14(15)17/h6-7,10-11H,1-5,8-9,12-13H2. The molecule has 0 aliphatic rings. The lowest BCUT2D eigenvalue weighted by Crippen LogP contribution is -1.98. The molecule has 1 rings (SSSR count). The lowest BCUT2D eigenvalue weighted by molar-refractivity contribution is 0.302. The molecule has 0 radical (unpaired) electrons. The SMILES string of the molecule is BrCCCCCCCCCOc1ccccc1I. The van der Waals surface area contributed by atoms with Gasteiger partial charge >= 0.3 is 0 Å². The summed E-state index contributed by atoms with van der Waals surface area (Å²) in [5.41, 5.74) is 0. The molecular formula is C15H22BrIO. The van der Waals surface area contributed by atoms with Gasteiger partial charge in [0.2, 0.25) is 0 Å². The van der Waals surface area contributed by atoms with Crippen LogP contribution in [0.1, 0.15) is 44.9 Å². The number of hydrogen-bond acceptors (Lipinski definition) is 1. The van der Waals surface area contributed by atoms with E-state index >= 15 is 0 Å². The first-order valence-corrected chi connectivity index (χ1v) is 8.98. The van der Waals surface area contributed by atoms with Crippen LogP contribution in [0.15, 0.2) is 24.3 Å². The zero-order chi connectivity index (χ0) is 13.1. The summed E-state index contributed by atoms with van der Waals surface area (Å²) in [7, 11) is 0. The number of alkyl halides is 1. The van der Waals surface area contributed by atoms with E-state index in [0.29, 0.717) is 0 Å². The summed E-state index contributed by atoms with van der Waals surface area (Å²) in [5.74, 6) is 1.02. The van der Waals surface area contributed by atoms with Crippen molar-refractivity contribution in [3.63, 3.8) is 0 Å². The fourth-order valence-electron chi connectivity index (χ4n) is 1.82. The number of unbranched alkanes of at least 4 members (excludes halogenated alkanes) is 6. The van der Waals surface area contributed by atoms with Gasteiger partial charge in [-0.3, -0.25) is 0 Å². The van der Waals surface area contributed by atoms with Crippen LogP contribution in [0.25, 0.3) is 0 Å². The van der Waals surface area contributed by atoms with Gasteiger partial charge in [-0.05, 0) is 47.6 Å². The minimum Gasteiger partial charge on any atom is -0.492 e. The highest BCUT2D eigenvalue weighted by atomic mass is 127. The predicted molar refractivity (Wildman–Crippen MR) is 90.8 cm³/mol. The molecule has 0 saturated heterocycles. The first-order chi connectivity index (χ1) is 8.84. The Morgan fingerprint density at radius 1 is 0.889 bits per heavy atom. The van der Waals surface area contributed by atoms with E-state index in [9.17, 15) is 0 Å². The number of hydrogen-bond donors (Lipinski definition) is 0. The number of ether oxygens (including phenoxy) is 1. The third-order valence-corrected chi connectivity index (χ3v) is 4.32. The van der Waals surface area contributed by atoms with E-state index in [1.54, 1.807) is 0 Å². The van der Waals surface area contributed by atoms with E-state index in [0.717, 1.165) is 17.7 Å². The molecule has 0 amide bonds. The van der Waals surface area contributed by atoms with Crippen molar-refractivity contribution in [2.24, 2.45) is 0 Å². The van der Waals surface area contributed by atoms with Gasteiger partial charge in [-0.15, -0.1) is 0 Å². The zero-order valence-electron chi connectivity index (χ0n) is 10.8. The lowest BCUT2D eigenvalue weighted by atomic mass is 10.1. The average molecular weight is 425 g/mol. The molecule has 1 aromatic carbocycles. The second-order valence-electron chi connectivity index (χ2n) is 4.44. The van der Waals surface area contributed by atoms with Gasteiger partial charge in [-0.25, -0.2) is 0 Å². The molecule has 0 aliphatic carbocycles. The molecule has 0 saturated carbocycles. The van der Waals surface area contributed by atoms with Gasteiger partial charge in [0.05, 0.1) is 10.2 Å². The first kappa shape index (κ1) is 16.3. The second-order valence-corrected chi connectivity index (χ2v) is 6.40. The van der Waals surface area contributed by atoms with Crippen LogP contribution in [0, 0.1) is 3.57 Å². The molecule has 1 aromatic rings. The van der Waals surface area contributed by atoms with Crippen LogP contribution in [0.5, 0.6) is 5.75 Å². The van der Waals surface area contributed by atoms with Gasteiger partial charge in [0.15, 0.2) is 0 Å². The maximum atomic E-state index is 5.77. The monoisotopic (exact) mass is 424 g/mol. The van der Waals surface area contributed by atoms with Gasteiger partial charge in [-0.2, -0.15) is 0 Å². The Bertz CT molecular complexity index is 317. The van der Waals surface area contributed by atoms with Crippen molar-refractivity contribution in [3.8, 4) is 5.75 Å². The van der Waals surface area contributed by atoms with Crippen LogP contribution >= 0.6 is 38.5 Å². The van der Waals surface area contributed by atoms with Crippen LogP contribution in [0.4, 0.5) is 0 Å². The fraction of sp³-hybridized carbons (Fsp3) is 0.600. The number of benzene rings is 1. The third kappa shape index (κ3) is 7.62. The topological polar surface area (TPSA) is 9.23 Å². The molecular weight excluding hydrogens is 403 g/mol. The maximum Gasteiger partial charge on any atom is 0.132 e. The second kappa shape index (κ2) is 11.1. The molecule has 1 nitrogen and oxygen atoms in total. The summed E-state index contributed by atoms with van der Waals surface area (Å²) in [6.45, 7) is 0.849. The Labute approximate surface area is 133 Å². The Morgan fingerprint density at radius 3 is 2.17 bits per heavy atom. The van der Waals surface area contributed by atoms with E-state index in [1.165, 1.54) is 48.5 Å². The van der Waals surface area contributed by atoms with Gasteiger partial charge in [0.1, 0.15) is 5.75 Å². The van der Waals surface area contributed by atoms with Gasteiger partial charge in [-0.1, -0.05) is 60.2 Å². The van der Waals surface area contributed by atoms with Crippen molar-refractivity contribution in [1.82, 2.24) is 0 Å². The van der Waals surface area contributed by atoms with Crippen molar-refractivity contribution < 1.29 is 4.74 Å². The molecule has 0 fully saturated rings. The Kier molecular flexibility index (Phi) is 10.0. The third-order valence-electron chi connectivity index (χ3n) is 2.87. The highest BCUT2D eigenvalue weighted by Gasteiger charge is 1.98. The number of halogens is 2. The van der Waals surface area contributed by atoms with Crippen molar-refractivity contribution in [1.29, 1.82) is 0 Å². The smallest absolute Gasteiger partial charge is 0.132 e. The van der Waals surface area contributed by atoms with Crippen LogP contribution in [0.2, 0.25) is 0 Å². The van der Waals surface area contributed by atoms with Crippen molar-refractivity contribution in [3.05, 3.63) is 27.8 Å². The van der Waals surface area contributed by atoms with Gasteiger partial charge < -0.3 is 4.74 Å². The molecule has 0 spiro atoms. The molecule has 3 heteroatoms. The summed E-state index contributed by atoms with van der Waals surface area (Å²) < 4.78 is 6.97. The molecule has 0 unspecified atom stereocenters. The number of para-hydroxylation sites is 1. The van der Waals surface area contributed by atoms with Crippen molar-refractivity contribution >= 4 is 38.5 Å². The highest BCUT2D eigenvalue weighted by molar-refractivity contribution is 14.1. The Balaban J connectivity index is 1.94. The van der Waals surface area contributed by atoms with Crippen LogP contribution in [0.3, 0.4) is 0 Å². The average Bonchev–Trinajstić information content (AvgIpc) is 2.39. The van der Waals surface area contributed by atoms with Crippen LogP contribution in [-0.2, 0) is 0 Å². The number of rotatable bonds is 10. The summed E-state index contributed by atoms with van der Waals surface area (Å²) in [6, 6.07) is 8.20. The lowest BCUT2D eigenvalue weighted by Gasteiger charge is -2.07. The molecule has 0 bridgehead atoms. The quantitative estimate of drug-likeness (QED) is 0.262. The summed E-state index contributed by atoms with van der Waals surface area (Å²) in [4.78, 5) is 0. The van der Waals surface area contributed by atoms with E-state index < -0.39 is 0 Å². The molecule has 0 aliphatic heterocycles. The van der Waals surface area contributed by atoms with Crippen molar-refractivity contribution in [2.75, 3.05) is 11.9 Å². The van der Waals surface area contributed by atoms with Gasteiger partial charge in [0.25, 0.3) is 0 Å². The molecule has 0 atom stereocenters.